The minimum Gasteiger partial charge on any atom is -0.450 e. The molecule has 0 radical (unpaired) electrons. The molecule has 1 fully saturated rings. The van der Waals surface area contributed by atoms with Crippen LogP contribution in [0.1, 0.15) is 56.7 Å². The molecule has 0 aromatic carbocycles. The van der Waals surface area contributed by atoms with Crippen molar-refractivity contribution in [3.8, 4) is 0 Å². The van der Waals surface area contributed by atoms with Crippen LogP contribution in [-0.2, 0) is 17.7 Å². The van der Waals surface area contributed by atoms with E-state index in [1.807, 2.05) is 13.0 Å². The third-order valence-corrected chi connectivity index (χ3v) is 4.34. The van der Waals surface area contributed by atoms with Gasteiger partial charge in [0.05, 0.1) is 12.3 Å². The van der Waals surface area contributed by atoms with Gasteiger partial charge in [0.15, 0.2) is 0 Å². The summed E-state index contributed by atoms with van der Waals surface area (Å²) in [6.45, 7) is 10.3. The molecule has 0 atom stereocenters. The molecule has 7 heteroatoms. The number of aryl methyl sites for hydroxylation is 1. The SMILES string of the molecule is CCOC(=O)N1CCC(NC(=O)c2cc(CC(C)C)nn2CC)CC1. The predicted octanol–water partition coefficient (Wildman–Crippen LogP) is 2.45. The molecule has 140 valence electrons. The molecular weight excluding hydrogens is 320 g/mol. The molecule has 1 N–H and O–H groups in total. The zero-order valence-electron chi connectivity index (χ0n) is 15.7. The first-order chi connectivity index (χ1) is 11.9. The van der Waals surface area contributed by atoms with Crippen LogP contribution in [0.15, 0.2) is 6.07 Å². The maximum absolute atomic E-state index is 12.6. The highest BCUT2D eigenvalue weighted by Crippen LogP contribution is 2.14. The number of ether oxygens (including phenoxy) is 1. The Morgan fingerprint density at radius 3 is 2.56 bits per heavy atom. The van der Waals surface area contributed by atoms with E-state index < -0.39 is 0 Å². The third kappa shape index (κ3) is 5.21. The highest BCUT2D eigenvalue weighted by molar-refractivity contribution is 5.92. The van der Waals surface area contributed by atoms with Crippen molar-refractivity contribution in [2.75, 3.05) is 19.7 Å². The van der Waals surface area contributed by atoms with Gasteiger partial charge in [-0.25, -0.2) is 4.79 Å². The molecular formula is C18H30N4O3. The summed E-state index contributed by atoms with van der Waals surface area (Å²) in [4.78, 5) is 26.1. The van der Waals surface area contributed by atoms with Gasteiger partial charge in [-0.2, -0.15) is 5.10 Å². The second-order valence-electron chi connectivity index (χ2n) is 6.87. The molecule has 0 saturated carbocycles. The molecule has 1 aliphatic heterocycles. The maximum Gasteiger partial charge on any atom is 0.409 e. The molecule has 0 aliphatic carbocycles. The first kappa shape index (κ1) is 19.3. The van der Waals surface area contributed by atoms with Gasteiger partial charge in [-0.1, -0.05) is 13.8 Å². The second-order valence-corrected chi connectivity index (χ2v) is 6.87. The van der Waals surface area contributed by atoms with Crippen molar-refractivity contribution in [1.82, 2.24) is 20.0 Å². The number of rotatable bonds is 6. The Morgan fingerprint density at radius 1 is 1.32 bits per heavy atom. The minimum absolute atomic E-state index is 0.0759. The van der Waals surface area contributed by atoms with E-state index in [9.17, 15) is 9.59 Å². The van der Waals surface area contributed by atoms with Crippen LogP contribution in [-0.4, -0.2) is 52.4 Å². The number of piperidine rings is 1. The number of nitrogens with one attached hydrogen (secondary N) is 1. The van der Waals surface area contributed by atoms with E-state index in [4.69, 9.17) is 4.74 Å². The zero-order valence-corrected chi connectivity index (χ0v) is 15.7. The summed E-state index contributed by atoms with van der Waals surface area (Å²) >= 11 is 0. The predicted molar refractivity (Wildman–Crippen MR) is 95.5 cm³/mol. The standard InChI is InChI=1S/C18H30N4O3/c1-5-22-16(12-15(20-22)11-13(3)4)17(23)19-14-7-9-21(10-8-14)18(24)25-6-2/h12-14H,5-11H2,1-4H3,(H,19,23). The minimum atomic E-state index is -0.269. The summed E-state index contributed by atoms with van der Waals surface area (Å²) in [5, 5.41) is 7.61. The third-order valence-electron chi connectivity index (χ3n) is 4.34. The monoisotopic (exact) mass is 350 g/mol. The molecule has 2 amide bonds. The summed E-state index contributed by atoms with van der Waals surface area (Å²) in [7, 11) is 0. The lowest BCUT2D eigenvalue weighted by Crippen LogP contribution is -2.47. The van der Waals surface area contributed by atoms with Crippen LogP contribution in [0.5, 0.6) is 0 Å². The highest BCUT2D eigenvalue weighted by atomic mass is 16.6. The molecule has 25 heavy (non-hydrogen) atoms. The highest BCUT2D eigenvalue weighted by Gasteiger charge is 2.26. The van der Waals surface area contributed by atoms with E-state index in [0.29, 0.717) is 37.9 Å². The van der Waals surface area contributed by atoms with Gasteiger partial charge in [-0.15, -0.1) is 0 Å². The number of aromatic nitrogens is 2. The van der Waals surface area contributed by atoms with Crippen LogP contribution in [0.3, 0.4) is 0 Å². The van der Waals surface area contributed by atoms with Crippen LogP contribution in [0, 0.1) is 5.92 Å². The van der Waals surface area contributed by atoms with Gasteiger partial charge in [0, 0.05) is 25.7 Å². The quantitative estimate of drug-likeness (QED) is 0.855. The fraction of sp³-hybridized carbons (Fsp3) is 0.722. The number of likely N-dealkylation sites (tertiary alicyclic amines) is 1. The Morgan fingerprint density at radius 2 is 2.00 bits per heavy atom. The second kappa shape index (κ2) is 8.87. The molecule has 2 heterocycles. The fourth-order valence-electron chi connectivity index (χ4n) is 3.09. The van der Waals surface area contributed by atoms with Gasteiger partial charge in [-0.05, 0) is 45.1 Å². The van der Waals surface area contributed by atoms with E-state index in [1.165, 1.54) is 0 Å². The number of nitrogens with zero attached hydrogens (tertiary/aromatic N) is 3. The topological polar surface area (TPSA) is 76.5 Å². The number of carbonyl (C=O) groups excluding carboxylic acids is 2. The Labute approximate surface area is 149 Å². The number of carbonyl (C=O) groups is 2. The van der Waals surface area contributed by atoms with E-state index in [-0.39, 0.29) is 18.0 Å². The fourth-order valence-corrected chi connectivity index (χ4v) is 3.09. The van der Waals surface area contributed by atoms with Gasteiger partial charge in [0.2, 0.25) is 0 Å². The Kier molecular flexibility index (Phi) is 6.84. The molecule has 7 nitrogen and oxygen atoms in total. The van der Waals surface area contributed by atoms with Crippen LogP contribution < -0.4 is 5.32 Å². The lowest BCUT2D eigenvalue weighted by atomic mass is 10.1. The van der Waals surface area contributed by atoms with Gasteiger partial charge in [-0.3, -0.25) is 9.48 Å². The summed E-state index contributed by atoms with van der Waals surface area (Å²) < 4.78 is 6.78. The van der Waals surface area contributed by atoms with Crippen molar-refractivity contribution >= 4 is 12.0 Å². The average Bonchev–Trinajstić information content (AvgIpc) is 2.98. The number of hydrogen-bond donors (Lipinski definition) is 1. The number of amides is 2. The van der Waals surface area contributed by atoms with Crippen molar-refractivity contribution in [3.63, 3.8) is 0 Å². The van der Waals surface area contributed by atoms with E-state index in [2.05, 4.69) is 24.3 Å². The van der Waals surface area contributed by atoms with Crippen molar-refractivity contribution in [2.45, 2.75) is 59.5 Å². The van der Waals surface area contributed by atoms with Crippen molar-refractivity contribution in [1.29, 1.82) is 0 Å². The summed E-state index contributed by atoms with van der Waals surface area (Å²) in [5.41, 5.74) is 1.57. The largest absolute Gasteiger partial charge is 0.450 e. The first-order valence-corrected chi connectivity index (χ1v) is 9.23. The maximum atomic E-state index is 12.6. The molecule has 1 aromatic heterocycles. The van der Waals surface area contributed by atoms with E-state index >= 15 is 0 Å². The number of hydrogen-bond acceptors (Lipinski definition) is 4. The lowest BCUT2D eigenvalue weighted by Gasteiger charge is -2.31. The summed E-state index contributed by atoms with van der Waals surface area (Å²) in [5.74, 6) is 0.419. The molecule has 1 saturated heterocycles. The Bertz CT molecular complexity index is 589. The van der Waals surface area contributed by atoms with Crippen molar-refractivity contribution in [2.24, 2.45) is 5.92 Å². The Hall–Kier alpha value is -2.05. The van der Waals surface area contributed by atoms with Gasteiger partial charge >= 0.3 is 6.09 Å². The van der Waals surface area contributed by atoms with E-state index in [0.717, 1.165) is 25.0 Å². The summed E-state index contributed by atoms with van der Waals surface area (Å²) in [6.07, 6.45) is 2.08. The van der Waals surface area contributed by atoms with Gasteiger partial charge in [0.1, 0.15) is 5.69 Å². The Balaban J connectivity index is 1.92. The molecule has 1 aromatic rings. The van der Waals surface area contributed by atoms with Gasteiger partial charge < -0.3 is 15.0 Å². The van der Waals surface area contributed by atoms with Crippen molar-refractivity contribution in [3.05, 3.63) is 17.5 Å². The normalized spacial score (nSPS) is 15.5. The van der Waals surface area contributed by atoms with Crippen molar-refractivity contribution < 1.29 is 14.3 Å². The van der Waals surface area contributed by atoms with Crippen LogP contribution >= 0.6 is 0 Å². The smallest absolute Gasteiger partial charge is 0.409 e. The zero-order chi connectivity index (χ0) is 18.4. The summed E-state index contributed by atoms with van der Waals surface area (Å²) in [6, 6.07) is 1.97. The molecule has 0 unspecified atom stereocenters. The molecule has 0 bridgehead atoms. The van der Waals surface area contributed by atoms with Gasteiger partial charge in [0.25, 0.3) is 5.91 Å². The molecule has 1 aliphatic rings. The van der Waals surface area contributed by atoms with Crippen LogP contribution in [0.2, 0.25) is 0 Å². The molecule has 2 rings (SSSR count). The average molecular weight is 350 g/mol. The lowest BCUT2D eigenvalue weighted by molar-refractivity contribution is 0.0853. The first-order valence-electron chi connectivity index (χ1n) is 9.23. The van der Waals surface area contributed by atoms with Crippen LogP contribution in [0.4, 0.5) is 4.79 Å². The molecule has 0 spiro atoms. The van der Waals surface area contributed by atoms with E-state index in [1.54, 1.807) is 16.5 Å². The van der Waals surface area contributed by atoms with Crippen LogP contribution in [0.25, 0.3) is 0 Å².